The zero-order valence-corrected chi connectivity index (χ0v) is 17.2. The summed E-state index contributed by atoms with van der Waals surface area (Å²) < 4.78 is 10.8. The predicted molar refractivity (Wildman–Crippen MR) is 114 cm³/mol. The van der Waals surface area contributed by atoms with E-state index in [1.807, 2.05) is 36.4 Å². The van der Waals surface area contributed by atoms with Gasteiger partial charge < -0.3 is 19.8 Å². The lowest BCUT2D eigenvalue weighted by molar-refractivity contribution is -0.116. The fourth-order valence-corrected chi connectivity index (χ4v) is 4.74. The van der Waals surface area contributed by atoms with E-state index in [2.05, 4.69) is 15.3 Å². The molecule has 0 saturated heterocycles. The van der Waals surface area contributed by atoms with Gasteiger partial charge in [0.05, 0.1) is 5.56 Å². The van der Waals surface area contributed by atoms with Crippen LogP contribution in [0.1, 0.15) is 29.0 Å². The van der Waals surface area contributed by atoms with Crippen LogP contribution in [0, 0.1) is 0 Å². The van der Waals surface area contributed by atoms with Crippen LogP contribution in [-0.2, 0) is 10.5 Å². The number of benzene rings is 2. The summed E-state index contributed by atoms with van der Waals surface area (Å²) >= 11 is 7.55. The lowest BCUT2D eigenvalue weighted by Crippen LogP contribution is -2.31. The van der Waals surface area contributed by atoms with Crippen molar-refractivity contribution in [3.63, 3.8) is 0 Å². The van der Waals surface area contributed by atoms with Crippen LogP contribution >= 0.6 is 23.4 Å². The van der Waals surface area contributed by atoms with Crippen LogP contribution < -0.4 is 20.3 Å². The molecule has 0 radical (unpaired) electrons. The van der Waals surface area contributed by atoms with Crippen LogP contribution in [0.25, 0.3) is 0 Å². The Hall–Kier alpha value is -2.97. The summed E-state index contributed by atoms with van der Waals surface area (Å²) in [5.41, 5.74) is 1.91. The number of amides is 1. The molecule has 3 aromatic rings. The van der Waals surface area contributed by atoms with E-state index in [0.29, 0.717) is 38.8 Å². The van der Waals surface area contributed by atoms with Crippen LogP contribution in [0.15, 0.2) is 52.4 Å². The fraction of sp³-hybridized carbons (Fsp3) is 0.190. The lowest BCUT2D eigenvalue weighted by atomic mass is 9.86. The SMILES string of the molecule is O=C1CC(c2ccc3c(c2)OCO3)c2c(nc(SCc3ccccc3Cl)[nH]c2=O)N1. The normalized spacial score (nSPS) is 16.8. The Kier molecular flexibility index (Phi) is 4.88. The number of nitrogens with zero attached hydrogens (tertiary/aromatic N) is 1. The average molecular weight is 442 g/mol. The standard InChI is InChI=1S/C21H16ClN3O4S/c22-14-4-2-1-3-12(14)9-30-21-24-19-18(20(27)25-21)13(8-17(26)23-19)11-5-6-15-16(7-11)29-10-28-15/h1-7,13H,8-10H2,(H2,23,24,25,26,27). The Bertz CT molecular complexity index is 1210. The lowest BCUT2D eigenvalue weighted by Gasteiger charge is -2.24. The number of fused-ring (bicyclic) bond motifs is 2. The average Bonchev–Trinajstić information content (AvgIpc) is 3.20. The molecular formula is C21H16ClN3O4S. The second kappa shape index (κ2) is 7.70. The molecule has 1 atom stereocenters. The van der Waals surface area contributed by atoms with Crippen molar-refractivity contribution in [2.45, 2.75) is 23.2 Å². The summed E-state index contributed by atoms with van der Waals surface area (Å²) in [7, 11) is 0. The van der Waals surface area contributed by atoms with Crippen LogP contribution in [0.2, 0.25) is 5.02 Å². The Morgan fingerprint density at radius 1 is 1.13 bits per heavy atom. The molecule has 2 aliphatic heterocycles. The maximum absolute atomic E-state index is 12.9. The van der Waals surface area contributed by atoms with E-state index in [-0.39, 0.29) is 24.7 Å². The molecule has 152 valence electrons. The summed E-state index contributed by atoms with van der Waals surface area (Å²) in [4.78, 5) is 32.6. The van der Waals surface area contributed by atoms with Gasteiger partial charge in [-0.3, -0.25) is 9.59 Å². The van der Waals surface area contributed by atoms with E-state index < -0.39 is 5.92 Å². The van der Waals surface area contributed by atoms with Crippen molar-refractivity contribution in [1.29, 1.82) is 0 Å². The minimum absolute atomic E-state index is 0.156. The molecule has 30 heavy (non-hydrogen) atoms. The summed E-state index contributed by atoms with van der Waals surface area (Å²) in [6, 6.07) is 13.0. The van der Waals surface area contributed by atoms with Gasteiger partial charge in [0, 0.05) is 23.1 Å². The number of ether oxygens (including phenoxy) is 2. The minimum Gasteiger partial charge on any atom is -0.454 e. The van der Waals surface area contributed by atoms with Crippen LogP contribution in [-0.4, -0.2) is 22.7 Å². The summed E-state index contributed by atoms with van der Waals surface area (Å²) in [6.07, 6.45) is 0.156. The Labute approximate surface area is 180 Å². The number of rotatable bonds is 4. The number of thioether (sulfide) groups is 1. The number of halogens is 1. The highest BCUT2D eigenvalue weighted by molar-refractivity contribution is 7.98. The molecule has 2 N–H and O–H groups in total. The number of carbonyl (C=O) groups excluding carboxylic acids is 1. The number of hydrogen-bond donors (Lipinski definition) is 2. The van der Waals surface area contributed by atoms with Gasteiger partial charge in [0.15, 0.2) is 16.7 Å². The first-order chi connectivity index (χ1) is 14.6. The third kappa shape index (κ3) is 3.53. The van der Waals surface area contributed by atoms with Crippen LogP contribution in [0.5, 0.6) is 11.5 Å². The maximum atomic E-state index is 12.9. The highest BCUT2D eigenvalue weighted by Crippen LogP contribution is 2.40. The van der Waals surface area contributed by atoms with Gasteiger partial charge in [-0.2, -0.15) is 0 Å². The third-order valence-electron chi connectivity index (χ3n) is 5.05. The summed E-state index contributed by atoms with van der Waals surface area (Å²) in [5, 5.41) is 3.81. The van der Waals surface area contributed by atoms with Gasteiger partial charge in [0.2, 0.25) is 12.7 Å². The predicted octanol–water partition coefficient (Wildman–Crippen LogP) is 3.92. The number of hydrogen-bond acceptors (Lipinski definition) is 6. The van der Waals surface area contributed by atoms with E-state index >= 15 is 0 Å². The molecule has 2 aliphatic rings. The number of aromatic amines is 1. The molecule has 0 fully saturated rings. The summed E-state index contributed by atoms with van der Waals surface area (Å²) in [5.74, 6) is 1.49. The molecule has 2 aromatic carbocycles. The largest absolute Gasteiger partial charge is 0.454 e. The number of nitrogens with one attached hydrogen (secondary N) is 2. The molecular weight excluding hydrogens is 426 g/mol. The van der Waals surface area contributed by atoms with Crippen molar-refractivity contribution in [2.75, 3.05) is 12.1 Å². The maximum Gasteiger partial charge on any atom is 0.257 e. The molecule has 1 aromatic heterocycles. The van der Waals surface area contributed by atoms with Gasteiger partial charge in [-0.05, 0) is 29.3 Å². The van der Waals surface area contributed by atoms with Gasteiger partial charge >= 0.3 is 0 Å². The van der Waals surface area contributed by atoms with Crippen molar-refractivity contribution in [1.82, 2.24) is 9.97 Å². The molecule has 0 saturated carbocycles. The zero-order chi connectivity index (χ0) is 20.7. The Morgan fingerprint density at radius 2 is 1.97 bits per heavy atom. The minimum atomic E-state index is -0.415. The first kappa shape index (κ1) is 19.0. The fourth-order valence-electron chi connectivity index (χ4n) is 3.60. The molecule has 0 aliphatic carbocycles. The van der Waals surface area contributed by atoms with Crippen LogP contribution in [0.3, 0.4) is 0 Å². The topological polar surface area (TPSA) is 93.3 Å². The third-order valence-corrected chi connectivity index (χ3v) is 6.34. The van der Waals surface area contributed by atoms with Crippen molar-refractivity contribution in [3.8, 4) is 11.5 Å². The number of H-pyrrole nitrogens is 1. The van der Waals surface area contributed by atoms with Gasteiger partial charge in [-0.15, -0.1) is 0 Å². The molecule has 5 rings (SSSR count). The number of aromatic nitrogens is 2. The first-order valence-electron chi connectivity index (χ1n) is 9.28. The van der Waals surface area contributed by atoms with Gasteiger partial charge in [-0.25, -0.2) is 4.98 Å². The number of anilines is 1. The Morgan fingerprint density at radius 3 is 2.83 bits per heavy atom. The quantitative estimate of drug-likeness (QED) is 0.471. The smallest absolute Gasteiger partial charge is 0.257 e. The monoisotopic (exact) mass is 441 g/mol. The summed E-state index contributed by atoms with van der Waals surface area (Å²) in [6.45, 7) is 0.161. The molecule has 9 heteroatoms. The van der Waals surface area contributed by atoms with Gasteiger partial charge in [0.25, 0.3) is 5.56 Å². The van der Waals surface area contributed by atoms with E-state index in [1.165, 1.54) is 11.8 Å². The van der Waals surface area contributed by atoms with Gasteiger partial charge in [0.1, 0.15) is 5.82 Å². The molecule has 7 nitrogen and oxygen atoms in total. The number of carbonyl (C=O) groups is 1. The van der Waals surface area contributed by atoms with Crippen LogP contribution in [0.4, 0.5) is 5.82 Å². The Balaban J connectivity index is 1.47. The second-order valence-electron chi connectivity index (χ2n) is 6.93. The highest BCUT2D eigenvalue weighted by Gasteiger charge is 2.32. The molecule has 1 amide bonds. The van der Waals surface area contributed by atoms with E-state index in [4.69, 9.17) is 21.1 Å². The van der Waals surface area contributed by atoms with Crippen molar-refractivity contribution in [3.05, 3.63) is 74.5 Å². The van der Waals surface area contributed by atoms with E-state index in [1.54, 1.807) is 6.07 Å². The van der Waals surface area contributed by atoms with Crippen molar-refractivity contribution >= 4 is 35.1 Å². The zero-order valence-electron chi connectivity index (χ0n) is 15.6. The molecule has 1 unspecified atom stereocenters. The molecule has 3 heterocycles. The second-order valence-corrected chi connectivity index (χ2v) is 8.30. The molecule has 0 spiro atoms. The van der Waals surface area contributed by atoms with Gasteiger partial charge in [-0.1, -0.05) is 47.6 Å². The first-order valence-corrected chi connectivity index (χ1v) is 10.6. The van der Waals surface area contributed by atoms with E-state index in [0.717, 1.165) is 11.1 Å². The van der Waals surface area contributed by atoms with Crippen molar-refractivity contribution in [2.24, 2.45) is 0 Å². The van der Waals surface area contributed by atoms with Crippen molar-refractivity contribution < 1.29 is 14.3 Å². The highest BCUT2D eigenvalue weighted by atomic mass is 35.5. The van der Waals surface area contributed by atoms with E-state index in [9.17, 15) is 9.59 Å². The molecule has 0 bridgehead atoms.